The second-order valence-electron chi connectivity index (χ2n) is 5.54. The monoisotopic (exact) mass is 317 g/mol. The molecule has 1 aliphatic heterocycles. The molecule has 1 aromatic carbocycles. The predicted octanol–water partition coefficient (Wildman–Crippen LogP) is 1.66. The van der Waals surface area contributed by atoms with Crippen LogP contribution in [0.1, 0.15) is 17.7 Å². The quantitative estimate of drug-likeness (QED) is 0.802. The van der Waals surface area contributed by atoms with Crippen LogP contribution in [0.4, 0.5) is 0 Å². The summed E-state index contributed by atoms with van der Waals surface area (Å²) in [6.07, 6.45) is -0.0761. The summed E-state index contributed by atoms with van der Waals surface area (Å²) in [4.78, 5) is 17.4. The first kappa shape index (κ1) is 15.1. The molecule has 1 aliphatic rings. The van der Waals surface area contributed by atoms with E-state index in [1.807, 2.05) is 24.6 Å². The zero-order chi connectivity index (χ0) is 15.5. The first-order valence-electron chi connectivity index (χ1n) is 7.32. The highest BCUT2D eigenvalue weighted by atomic mass is 32.1. The summed E-state index contributed by atoms with van der Waals surface area (Å²) in [5, 5.41) is 15.2. The highest BCUT2D eigenvalue weighted by molar-refractivity contribution is 7.13. The average Bonchev–Trinajstić information content (AvgIpc) is 3.14. The fraction of sp³-hybridized carbons (Fsp3) is 0.375. The second-order valence-corrected chi connectivity index (χ2v) is 6.39. The number of rotatable bonds is 4. The van der Waals surface area contributed by atoms with Crippen molar-refractivity contribution < 1.29 is 9.90 Å². The van der Waals surface area contributed by atoms with Gasteiger partial charge in [-0.25, -0.2) is 4.98 Å². The van der Waals surface area contributed by atoms with Crippen molar-refractivity contribution in [3.8, 4) is 10.4 Å². The van der Waals surface area contributed by atoms with Crippen molar-refractivity contribution in [1.82, 2.24) is 15.6 Å². The molecule has 0 spiro atoms. The van der Waals surface area contributed by atoms with Crippen molar-refractivity contribution in [3.05, 3.63) is 41.0 Å². The average molecular weight is 317 g/mol. The van der Waals surface area contributed by atoms with E-state index in [1.54, 1.807) is 11.3 Å². The van der Waals surface area contributed by atoms with E-state index in [2.05, 4.69) is 27.8 Å². The van der Waals surface area contributed by atoms with Crippen LogP contribution in [0.15, 0.2) is 29.8 Å². The SMILES string of the molecule is Cc1ncsc1-c1ccc(CNC(=O)C2CNC(O)C2)cc1. The van der Waals surface area contributed by atoms with E-state index in [-0.39, 0.29) is 11.8 Å². The van der Waals surface area contributed by atoms with Crippen molar-refractivity contribution in [1.29, 1.82) is 0 Å². The molecular weight excluding hydrogens is 298 g/mol. The molecule has 3 rings (SSSR count). The number of benzene rings is 1. The number of amides is 1. The molecule has 1 saturated heterocycles. The number of hydrogen-bond acceptors (Lipinski definition) is 5. The van der Waals surface area contributed by atoms with Crippen LogP contribution in [0.3, 0.4) is 0 Å². The lowest BCUT2D eigenvalue weighted by Gasteiger charge is -2.10. The smallest absolute Gasteiger partial charge is 0.224 e. The minimum Gasteiger partial charge on any atom is -0.379 e. The molecule has 1 aromatic heterocycles. The molecule has 2 aromatic rings. The zero-order valence-corrected chi connectivity index (χ0v) is 13.2. The Morgan fingerprint density at radius 1 is 1.45 bits per heavy atom. The van der Waals surface area contributed by atoms with Gasteiger partial charge >= 0.3 is 0 Å². The van der Waals surface area contributed by atoms with Gasteiger partial charge < -0.3 is 10.4 Å². The van der Waals surface area contributed by atoms with Gasteiger partial charge in [0.15, 0.2) is 0 Å². The van der Waals surface area contributed by atoms with Crippen LogP contribution in [0, 0.1) is 12.8 Å². The van der Waals surface area contributed by atoms with Crippen LogP contribution < -0.4 is 10.6 Å². The van der Waals surface area contributed by atoms with Crippen LogP contribution >= 0.6 is 11.3 Å². The number of aryl methyl sites for hydroxylation is 1. The minimum absolute atomic E-state index is 0.00794. The number of carbonyl (C=O) groups is 1. The molecule has 3 N–H and O–H groups in total. The van der Waals surface area contributed by atoms with Gasteiger partial charge in [0.1, 0.15) is 6.23 Å². The third-order valence-electron chi connectivity index (χ3n) is 3.91. The number of thiazole rings is 1. The topological polar surface area (TPSA) is 74.2 Å². The van der Waals surface area contributed by atoms with Gasteiger partial charge in [-0.1, -0.05) is 24.3 Å². The number of aliphatic hydroxyl groups excluding tert-OH is 1. The van der Waals surface area contributed by atoms with E-state index < -0.39 is 6.23 Å². The number of aromatic nitrogens is 1. The van der Waals surface area contributed by atoms with Gasteiger partial charge in [0.25, 0.3) is 0 Å². The van der Waals surface area contributed by atoms with E-state index >= 15 is 0 Å². The summed E-state index contributed by atoms with van der Waals surface area (Å²) in [5.41, 5.74) is 5.10. The van der Waals surface area contributed by atoms with E-state index in [4.69, 9.17) is 0 Å². The first-order chi connectivity index (χ1) is 10.6. The lowest BCUT2D eigenvalue weighted by atomic mass is 10.1. The third-order valence-corrected chi connectivity index (χ3v) is 4.88. The van der Waals surface area contributed by atoms with E-state index in [9.17, 15) is 9.90 Å². The van der Waals surface area contributed by atoms with Crippen LogP contribution in [0.25, 0.3) is 10.4 Å². The highest BCUT2D eigenvalue weighted by Gasteiger charge is 2.27. The van der Waals surface area contributed by atoms with Gasteiger partial charge in [-0.05, 0) is 24.5 Å². The van der Waals surface area contributed by atoms with Crippen LogP contribution in [-0.4, -0.2) is 28.8 Å². The molecule has 2 unspecified atom stereocenters. The molecular formula is C16H19N3O2S. The fourth-order valence-electron chi connectivity index (χ4n) is 2.60. The molecule has 0 saturated carbocycles. The minimum atomic E-state index is -0.558. The van der Waals surface area contributed by atoms with Crippen molar-refractivity contribution >= 4 is 17.2 Å². The lowest BCUT2D eigenvalue weighted by Crippen LogP contribution is -2.31. The Hall–Kier alpha value is -1.76. The van der Waals surface area contributed by atoms with Gasteiger partial charge in [-0.2, -0.15) is 0 Å². The van der Waals surface area contributed by atoms with Crippen molar-refractivity contribution in [2.75, 3.05) is 6.54 Å². The van der Waals surface area contributed by atoms with E-state index in [0.29, 0.717) is 19.5 Å². The molecule has 5 nitrogen and oxygen atoms in total. The summed E-state index contributed by atoms with van der Waals surface area (Å²) in [6.45, 7) is 3.05. The molecule has 1 fully saturated rings. The standard InChI is InChI=1S/C16H19N3O2S/c1-10-15(22-9-19-10)12-4-2-11(3-5-12)7-18-16(21)13-6-14(20)17-8-13/h2-5,9,13-14,17,20H,6-8H2,1H3,(H,18,21). The Bertz CT molecular complexity index is 654. The molecule has 116 valence electrons. The molecule has 6 heteroatoms. The largest absolute Gasteiger partial charge is 0.379 e. The Balaban J connectivity index is 1.57. The van der Waals surface area contributed by atoms with Gasteiger partial charge in [0, 0.05) is 13.1 Å². The number of nitrogens with zero attached hydrogens (tertiary/aromatic N) is 1. The molecule has 2 heterocycles. The maximum atomic E-state index is 12.0. The molecule has 0 aliphatic carbocycles. The Labute approximate surface area is 133 Å². The zero-order valence-electron chi connectivity index (χ0n) is 12.4. The van der Waals surface area contributed by atoms with Gasteiger partial charge in [-0.15, -0.1) is 11.3 Å². The summed E-state index contributed by atoms with van der Waals surface area (Å²) in [5.74, 6) is -0.152. The predicted molar refractivity (Wildman–Crippen MR) is 86.3 cm³/mol. The molecule has 2 atom stereocenters. The summed E-state index contributed by atoms with van der Waals surface area (Å²) in [6, 6.07) is 8.17. The normalized spacial score (nSPS) is 21.0. The van der Waals surface area contributed by atoms with Crippen molar-refractivity contribution in [2.45, 2.75) is 26.1 Å². The van der Waals surface area contributed by atoms with Gasteiger partial charge in [0.2, 0.25) is 5.91 Å². The summed E-state index contributed by atoms with van der Waals surface area (Å²) < 4.78 is 0. The summed E-state index contributed by atoms with van der Waals surface area (Å²) >= 11 is 1.63. The van der Waals surface area contributed by atoms with Crippen LogP contribution in [0.2, 0.25) is 0 Å². The van der Waals surface area contributed by atoms with Crippen LogP contribution in [-0.2, 0) is 11.3 Å². The molecule has 22 heavy (non-hydrogen) atoms. The number of hydrogen-bond donors (Lipinski definition) is 3. The fourth-order valence-corrected chi connectivity index (χ4v) is 3.41. The second kappa shape index (κ2) is 6.56. The Morgan fingerprint density at radius 3 is 2.82 bits per heavy atom. The molecule has 0 radical (unpaired) electrons. The molecule has 1 amide bonds. The van der Waals surface area contributed by atoms with Gasteiger partial charge in [0.05, 0.1) is 22.0 Å². The number of nitrogens with one attached hydrogen (secondary N) is 2. The van der Waals surface area contributed by atoms with Gasteiger partial charge in [-0.3, -0.25) is 10.1 Å². The maximum absolute atomic E-state index is 12.0. The Kier molecular flexibility index (Phi) is 4.52. The van der Waals surface area contributed by atoms with Crippen LogP contribution in [0.5, 0.6) is 0 Å². The van der Waals surface area contributed by atoms with E-state index in [1.165, 1.54) is 4.88 Å². The van der Waals surface area contributed by atoms with Crippen molar-refractivity contribution in [2.24, 2.45) is 5.92 Å². The van der Waals surface area contributed by atoms with Crippen molar-refractivity contribution in [3.63, 3.8) is 0 Å². The summed E-state index contributed by atoms with van der Waals surface area (Å²) in [7, 11) is 0. The highest BCUT2D eigenvalue weighted by Crippen LogP contribution is 2.27. The lowest BCUT2D eigenvalue weighted by molar-refractivity contribution is -0.124. The maximum Gasteiger partial charge on any atom is 0.224 e. The Morgan fingerprint density at radius 2 is 2.23 bits per heavy atom. The third kappa shape index (κ3) is 3.35. The number of aliphatic hydroxyl groups is 1. The first-order valence-corrected chi connectivity index (χ1v) is 8.20. The molecule has 0 bridgehead atoms. The number of carbonyl (C=O) groups excluding carboxylic acids is 1. The van der Waals surface area contributed by atoms with E-state index in [0.717, 1.165) is 16.8 Å².